The van der Waals surface area contributed by atoms with Crippen LogP contribution < -0.4 is 14.8 Å². The molecule has 1 atom stereocenters. The Kier molecular flexibility index (Phi) is 4.66. The van der Waals surface area contributed by atoms with Gasteiger partial charge in [-0.3, -0.25) is 4.79 Å². The highest BCUT2D eigenvalue weighted by Gasteiger charge is 2.27. The summed E-state index contributed by atoms with van der Waals surface area (Å²) in [6.07, 6.45) is 0.487. The van der Waals surface area contributed by atoms with Crippen molar-refractivity contribution in [2.24, 2.45) is 5.92 Å². The van der Waals surface area contributed by atoms with Gasteiger partial charge in [0.15, 0.2) is 11.5 Å². The Morgan fingerprint density at radius 3 is 2.72 bits per heavy atom. The van der Waals surface area contributed by atoms with Gasteiger partial charge in [0, 0.05) is 5.92 Å². The molecule has 0 bridgehead atoms. The van der Waals surface area contributed by atoms with Gasteiger partial charge in [-0.1, -0.05) is 25.1 Å². The predicted octanol–water partition coefficient (Wildman–Crippen LogP) is 3.78. The van der Waals surface area contributed by atoms with Gasteiger partial charge in [-0.15, -0.1) is 0 Å². The zero-order valence-corrected chi connectivity index (χ0v) is 14.6. The minimum absolute atomic E-state index is 0.0769. The molecule has 0 aliphatic carbocycles. The smallest absolute Gasteiger partial charge is 0.231 e. The van der Waals surface area contributed by atoms with E-state index >= 15 is 0 Å². The molecule has 1 aliphatic heterocycles. The average Bonchev–Trinajstić information content (AvgIpc) is 3.02. The number of halogens is 1. The highest BCUT2D eigenvalue weighted by molar-refractivity contribution is 5.79. The first-order chi connectivity index (χ1) is 11.8. The minimum Gasteiger partial charge on any atom is -0.454 e. The summed E-state index contributed by atoms with van der Waals surface area (Å²) in [5.41, 5.74) is 1.18. The summed E-state index contributed by atoms with van der Waals surface area (Å²) in [7, 11) is 0. The Hall–Kier alpha value is -2.56. The van der Waals surface area contributed by atoms with Crippen LogP contribution in [0.1, 0.15) is 31.9 Å². The lowest BCUT2D eigenvalue weighted by Crippen LogP contribution is -2.43. The monoisotopic (exact) mass is 343 g/mol. The second-order valence-electron chi connectivity index (χ2n) is 6.92. The molecule has 2 aromatic rings. The Labute approximate surface area is 147 Å². The van der Waals surface area contributed by atoms with Crippen LogP contribution in [0, 0.1) is 11.7 Å². The number of hydrogen-bond acceptors (Lipinski definition) is 3. The van der Waals surface area contributed by atoms with Crippen molar-refractivity contribution >= 4 is 5.91 Å². The van der Waals surface area contributed by atoms with Crippen LogP contribution in [0.4, 0.5) is 4.39 Å². The third-order valence-corrected chi connectivity index (χ3v) is 4.41. The number of ether oxygens (including phenoxy) is 2. The normalized spacial score (nSPS) is 14.2. The van der Waals surface area contributed by atoms with Gasteiger partial charge in [0.05, 0.1) is 5.54 Å². The van der Waals surface area contributed by atoms with Gasteiger partial charge in [0.25, 0.3) is 0 Å². The number of nitrogens with one attached hydrogen (secondary N) is 1. The molecule has 1 N–H and O–H groups in total. The van der Waals surface area contributed by atoms with E-state index in [0.29, 0.717) is 17.9 Å². The van der Waals surface area contributed by atoms with E-state index in [1.807, 2.05) is 45.0 Å². The molecule has 25 heavy (non-hydrogen) atoms. The van der Waals surface area contributed by atoms with Crippen molar-refractivity contribution in [3.05, 3.63) is 59.4 Å². The third-order valence-electron chi connectivity index (χ3n) is 4.41. The molecule has 5 heteroatoms. The second-order valence-corrected chi connectivity index (χ2v) is 6.92. The van der Waals surface area contributed by atoms with Crippen molar-refractivity contribution in [2.75, 3.05) is 6.79 Å². The lowest BCUT2D eigenvalue weighted by molar-refractivity contribution is -0.126. The molecule has 0 aromatic heterocycles. The van der Waals surface area contributed by atoms with Crippen molar-refractivity contribution in [3.8, 4) is 11.5 Å². The van der Waals surface area contributed by atoms with Crippen LogP contribution in [-0.4, -0.2) is 12.7 Å². The van der Waals surface area contributed by atoms with Crippen LogP contribution in [0.5, 0.6) is 11.5 Å². The molecule has 0 fully saturated rings. The standard InChI is InChI=1S/C20H22FNO3/c1-13(9-14-5-4-6-16(21)10-14)19(23)22-20(2,3)15-7-8-17-18(11-15)25-12-24-17/h4-8,10-11,13H,9,12H2,1-3H3,(H,22,23). The summed E-state index contributed by atoms with van der Waals surface area (Å²) in [5, 5.41) is 3.07. The SMILES string of the molecule is CC(Cc1cccc(F)c1)C(=O)NC(C)(C)c1ccc2c(c1)OCO2. The highest BCUT2D eigenvalue weighted by Crippen LogP contribution is 2.35. The average molecular weight is 343 g/mol. The van der Waals surface area contributed by atoms with Gasteiger partial charge >= 0.3 is 0 Å². The summed E-state index contributed by atoms with van der Waals surface area (Å²) >= 11 is 0. The maximum atomic E-state index is 13.3. The summed E-state index contributed by atoms with van der Waals surface area (Å²) in [5.74, 6) is 0.769. The van der Waals surface area contributed by atoms with Gasteiger partial charge in [-0.2, -0.15) is 0 Å². The van der Waals surface area contributed by atoms with Crippen molar-refractivity contribution in [2.45, 2.75) is 32.7 Å². The fourth-order valence-corrected chi connectivity index (χ4v) is 2.90. The topological polar surface area (TPSA) is 47.6 Å². The molecule has 1 heterocycles. The number of fused-ring (bicyclic) bond motifs is 1. The number of carbonyl (C=O) groups is 1. The van der Waals surface area contributed by atoms with Gasteiger partial charge in [-0.25, -0.2) is 4.39 Å². The molecule has 0 saturated carbocycles. The van der Waals surface area contributed by atoms with Gasteiger partial charge in [0.2, 0.25) is 12.7 Å². The molecular formula is C20H22FNO3. The van der Waals surface area contributed by atoms with Crippen molar-refractivity contribution in [3.63, 3.8) is 0 Å². The first-order valence-electron chi connectivity index (χ1n) is 8.32. The molecule has 1 unspecified atom stereocenters. The molecule has 2 aromatic carbocycles. The van der Waals surface area contributed by atoms with E-state index in [1.54, 1.807) is 6.07 Å². The minimum atomic E-state index is -0.561. The quantitative estimate of drug-likeness (QED) is 0.899. The Morgan fingerprint density at radius 1 is 1.20 bits per heavy atom. The number of carbonyl (C=O) groups excluding carboxylic acids is 1. The predicted molar refractivity (Wildman–Crippen MR) is 93.0 cm³/mol. The zero-order chi connectivity index (χ0) is 18.0. The number of hydrogen-bond donors (Lipinski definition) is 1. The van der Waals surface area contributed by atoms with Crippen molar-refractivity contribution in [1.82, 2.24) is 5.32 Å². The Bertz CT molecular complexity index is 788. The lowest BCUT2D eigenvalue weighted by atomic mass is 9.92. The first-order valence-corrected chi connectivity index (χ1v) is 8.32. The van der Waals surface area contributed by atoms with E-state index in [4.69, 9.17) is 9.47 Å². The number of amides is 1. The van der Waals surface area contributed by atoms with Crippen LogP contribution >= 0.6 is 0 Å². The Balaban J connectivity index is 1.68. The highest BCUT2D eigenvalue weighted by atomic mass is 19.1. The molecular weight excluding hydrogens is 321 g/mol. The van der Waals surface area contributed by atoms with Crippen LogP contribution in [0.15, 0.2) is 42.5 Å². The van der Waals surface area contributed by atoms with Crippen LogP contribution in [0.2, 0.25) is 0 Å². The zero-order valence-electron chi connectivity index (χ0n) is 14.6. The van der Waals surface area contributed by atoms with E-state index in [1.165, 1.54) is 12.1 Å². The molecule has 4 nitrogen and oxygen atoms in total. The van der Waals surface area contributed by atoms with E-state index in [2.05, 4.69) is 5.32 Å². The largest absolute Gasteiger partial charge is 0.454 e. The Morgan fingerprint density at radius 2 is 1.96 bits per heavy atom. The van der Waals surface area contributed by atoms with Crippen LogP contribution in [0.3, 0.4) is 0 Å². The van der Waals surface area contributed by atoms with E-state index in [-0.39, 0.29) is 24.4 Å². The maximum Gasteiger partial charge on any atom is 0.231 e. The molecule has 0 saturated heterocycles. The van der Waals surface area contributed by atoms with Crippen LogP contribution in [-0.2, 0) is 16.8 Å². The fourth-order valence-electron chi connectivity index (χ4n) is 2.90. The number of benzene rings is 2. The van der Waals surface area contributed by atoms with Gasteiger partial charge < -0.3 is 14.8 Å². The first kappa shape index (κ1) is 17.3. The van der Waals surface area contributed by atoms with E-state index in [0.717, 1.165) is 11.1 Å². The van der Waals surface area contributed by atoms with E-state index in [9.17, 15) is 9.18 Å². The number of rotatable bonds is 5. The molecule has 132 valence electrons. The second kappa shape index (κ2) is 6.75. The molecule has 1 amide bonds. The van der Waals surface area contributed by atoms with Gasteiger partial charge in [-0.05, 0) is 55.7 Å². The summed E-state index contributed by atoms with van der Waals surface area (Å²) < 4.78 is 24.0. The van der Waals surface area contributed by atoms with Crippen molar-refractivity contribution < 1.29 is 18.7 Å². The van der Waals surface area contributed by atoms with Crippen molar-refractivity contribution in [1.29, 1.82) is 0 Å². The molecule has 1 aliphatic rings. The third kappa shape index (κ3) is 3.92. The van der Waals surface area contributed by atoms with E-state index < -0.39 is 5.54 Å². The van der Waals surface area contributed by atoms with Gasteiger partial charge in [0.1, 0.15) is 5.82 Å². The summed E-state index contributed by atoms with van der Waals surface area (Å²) in [4.78, 5) is 12.6. The lowest BCUT2D eigenvalue weighted by Gasteiger charge is -2.29. The molecule has 0 spiro atoms. The van der Waals surface area contributed by atoms with Crippen LogP contribution in [0.25, 0.3) is 0 Å². The summed E-state index contributed by atoms with van der Waals surface area (Å²) in [6, 6.07) is 12.0. The maximum absolute atomic E-state index is 13.3. The summed E-state index contributed by atoms with van der Waals surface area (Å²) in [6.45, 7) is 5.95. The fraction of sp³-hybridized carbons (Fsp3) is 0.350. The molecule has 0 radical (unpaired) electrons. The molecule has 3 rings (SSSR count).